The summed E-state index contributed by atoms with van der Waals surface area (Å²) in [5.74, 6) is -0.876. The molecule has 8 nitrogen and oxygen atoms in total. The third-order valence-electron chi connectivity index (χ3n) is 3.37. The molecule has 0 fully saturated rings. The summed E-state index contributed by atoms with van der Waals surface area (Å²) in [5, 5.41) is 4.94. The summed E-state index contributed by atoms with van der Waals surface area (Å²) in [4.78, 5) is 39.3. The molecular formula is C18H19N3O5. The Morgan fingerprint density at radius 1 is 1.15 bits per heavy atom. The Morgan fingerprint density at radius 3 is 2.58 bits per heavy atom. The van der Waals surface area contributed by atoms with Gasteiger partial charge in [-0.2, -0.15) is 0 Å². The number of benzene rings is 1. The zero-order valence-electron chi connectivity index (χ0n) is 14.4. The summed E-state index contributed by atoms with van der Waals surface area (Å²) >= 11 is 0. The first-order chi connectivity index (χ1) is 12.5. The van der Waals surface area contributed by atoms with Gasteiger partial charge in [-0.1, -0.05) is 30.3 Å². The van der Waals surface area contributed by atoms with Crippen molar-refractivity contribution in [2.24, 2.45) is 0 Å². The van der Waals surface area contributed by atoms with Crippen LogP contribution in [0.15, 0.2) is 48.7 Å². The highest BCUT2D eigenvalue weighted by atomic mass is 16.5. The van der Waals surface area contributed by atoms with Gasteiger partial charge in [0, 0.05) is 6.20 Å². The van der Waals surface area contributed by atoms with Crippen LogP contribution in [-0.4, -0.2) is 36.1 Å². The summed E-state index contributed by atoms with van der Waals surface area (Å²) < 4.78 is 9.66. The average molecular weight is 357 g/mol. The van der Waals surface area contributed by atoms with Gasteiger partial charge >= 0.3 is 12.1 Å². The molecule has 2 N–H and O–H groups in total. The van der Waals surface area contributed by atoms with E-state index in [4.69, 9.17) is 4.74 Å². The van der Waals surface area contributed by atoms with E-state index in [9.17, 15) is 14.4 Å². The van der Waals surface area contributed by atoms with Crippen LogP contribution >= 0.6 is 0 Å². The van der Waals surface area contributed by atoms with E-state index in [0.717, 1.165) is 5.56 Å². The minimum atomic E-state index is -0.859. The molecule has 0 aliphatic rings. The van der Waals surface area contributed by atoms with Crippen LogP contribution in [0.2, 0.25) is 0 Å². The molecular weight excluding hydrogens is 338 g/mol. The van der Waals surface area contributed by atoms with Gasteiger partial charge in [0.1, 0.15) is 18.5 Å². The highest BCUT2D eigenvalue weighted by Gasteiger charge is 2.17. The lowest BCUT2D eigenvalue weighted by atomic mass is 10.2. The molecule has 2 rings (SSSR count). The van der Waals surface area contributed by atoms with Crippen LogP contribution in [0.3, 0.4) is 0 Å². The lowest BCUT2D eigenvalue weighted by molar-refractivity contribution is -0.117. The number of rotatable bonds is 6. The minimum absolute atomic E-state index is 0.101. The maximum Gasteiger partial charge on any atom is 0.408 e. The van der Waals surface area contributed by atoms with Gasteiger partial charge in [-0.05, 0) is 24.6 Å². The highest BCUT2D eigenvalue weighted by molar-refractivity contribution is 5.97. The van der Waals surface area contributed by atoms with Crippen LogP contribution in [-0.2, 0) is 20.9 Å². The fraction of sp³-hybridized carbons (Fsp3) is 0.222. The van der Waals surface area contributed by atoms with Crippen molar-refractivity contribution in [1.82, 2.24) is 10.3 Å². The van der Waals surface area contributed by atoms with Crippen molar-refractivity contribution in [3.05, 3.63) is 59.8 Å². The number of carbonyl (C=O) groups is 3. The second-order valence-electron chi connectivity index (χ2n) is 5.34. The molecule has 136 valence electrons. The number of esters is 1. The fourth-order valence-corrected chi connectivity index (χ4v) is 1.99. The monoisotopic (exact) mass is 357 g/mol. The van der Waals surface area contributed by atoms with Gasteiger partial charge in [0.15, 0.2) is 0 Å². The fourth-order valence-electron chi connectivity index (χ4n) is 1.99. The largest absolute Gasteiger partial charge is 0.465 e. The van der Waals surface area contributed by atoms with Gasteiger partial charge in [0.05, 0.1) is 12.7 Å². The quantitative estimate of drug-likeness (QED) is 0.767. The molecule has 0 spiro atoms. The number of pyridine rings is 1. The van der Waals surface area contributed by atoms with Crippen LogP contribution in [0.5, 0.6) is 0 Å². The maximum absolute atomic E-state index is 12.1. The van der Waals surface area contributed by atoms with Crippen molar-refractivity contribution in [3.63, 3.8) is 0 Å². The molecule has 0 bridgehead atoms. The third-order valence-corrected chi connectivity index (χ3v) is 3.37. The number of ether oxygens (including phenoxy) is 2. The highest BCUT2D eigenvalue weighted by Crippen LogP contribution is 2.08. The summed E-state index contributed by atoms with van der Waals surface area (Å²) in [5.41, 5.74) is 1.09. The number of anilines is 1. The average Bonchev–Trinajstić information content (AvgIpc) is 2.66. The molecule has 2 aromatic rings. The molecule has 1 atom stereocenters. The topological polar surface area (TPSA) is 107 Å². The van der Waals surface area contributed by atoms with Gasteiger partial charge in [-0.25, -0.2) is 14.6 Å². The van der Waals surface area contributed by atoms with Gasteiger partial charge in [0.25, 0.3) is 0 Å². The molecule has 1 heterocycles. The minimum Gasteiger partial charge on any atom is -0.465 e. The predicted molar refractivity (Wildman–Crippen MR) is 93.4 cm³/mol. The first-order valence-corrected chi connectivity index (χ1v) is 7.82. The summed E-state index contributed by atoms with van der Waals surface area (Å²) in [6.45, 7) is 1.60. The summed E-state index contributed by atoms with van der Waals surface area (Å²) in [6.07, 6.45) is 0.654. The van der Waals surface area contributed by atoms with Gasteiger partial charge in [-0.15, -0.1) is 0 Å². The predicted octanol–water partition coefficient (Wildman–Crippen LogP) is 2.12. The molecule has 0 saturated heterocycles. The third kappa shape index (κ3) is 5.59. The second kappa shape index (κ2) is 9.16. The zero-order chi connectivity index (χ0) is 18.9. The smallest absolute Gasteiger partial charge is 0.408 e. The lowest BCUT2D eigenvalue weighted by Gasteiger charge is -2.14. The van der Waals surface area contributed by atoms with E-state index in [-0.39, 0.29) is 18.0 Å². The Hall–Kier alpha value is -3.42. The van der Waals surface area contributed by atoms with Crippen molar-refractivity contribution in [2.75, 3.05) is 12.4 Å². The number of alkyl carbamates (subject to hydrolysis) is 1. The van der Waals surface area contributed by atoms with E-state index in [1.165, 1.54) is 32.4 Å². The first kappa shape index (κ1) is 18.9. The molecule has 2 amide bonds. The zero-order valence-corrected chi connectivity index (χ0v) is 14.4. The van der Waals surface area contributed by atoms with E-state index in [1.54, 1.807) is 0 Å². The number of amides is 2. The molecule has 0 aliphatic heterocycles. The van der Waals surface area contributed by atoms with E-state index in [1.807, 2.05) is 30.3 Å². The number of hydrogen-bond acceptors (Lipinski definition) is 6. The van der Waals surface area contributed by atoms with Crippen molar-refractivity contribution in [1.29, 1.82) is 0 Å². The molecule has 1 unspecified atom stereocenters. The number of nitrogens with one attached hydrogen (secondary N) is 2. The second-order valence-corrected chi connectivity index (χ2v) is 5.34. The molecule has 8 heteroatoms. The Kier molecular flexibility index (Phi) is 6.67. The van der Waals surface area contributed by atoms with Gasteiger partial charge < -0.3 is 20.1 Å². The number of hydrogen-bond donors (Lipinski definition) is 2. The standard InChI is InChI=1S/C18H19N3O5/c1-12(20-18(24)26-11-13-6-4-3-5-7-13)16(22)21-15-10-14(8-9-19-15)17(23)25-2/h3-10,12H,11H2,1-2H3,(H,20,24)(H,19,21,22). The van der Waals surface area contributed by atoms with Crippen molar-refractivity contribution in [3.8, 4) is 0 Å². The molecule has 0 saturated carbocycles. The number of aromatic nitrogens is 1. The molecule has 0 radical (unpaired) electrons. The van der Waals surface area contributed by atoms with E-state index < -0.39 is 24.0 Å². The molecule has 1 aromatic carbocycles. The maximum atomic E-state index is 12.1. The Balaban J connectivity index is 1.85. The van der Waals surface area contributed by atoms with E-state index >= 15 is 0 Å². The van der Waals surface area contributed by atoms with Gasteiger partial charge in [-0.3, -0.25) is 4.79 Å². The van der Waals surface area contributed by atoms with Crippen molar-refractivity contribution in [2.45, 2.75) is 19.6 Å². The summed E-state index contributed by atoms with van der Waals surface area (Å²) in [7, 11) is 1.26. The molecule has 0 aliphatic carbocycles. The van der Waals surface area contributed by atoms with Crippen molar-refractivity contribution < 1.29 is 23.9 Å². The number of carbonyl (C=O) groups excluding carboxylic acids is 3. The normalized spacial score (nSPS) is 11.2. The van der Waals surface area contributed by atoms with Crippen LogP contribution in [0.4, 0.5) is 10.6 Å². The first-order valence-electron chi connectivity index (χ1n) is 7.82. The van der Waals surface area contributed by atoms with Crippen LogP contribution in [0, 0.1) is 0 Å². The molecule has 1 aromatic heterocycles. The SMILES string of the molecule is COC(=O)c1ccnc(NC(=O)C(C)NC(=O)OCc2ccccc2)c1. The summed E-state index contributed by atoms with van der Waals surface area (Å²) in [6, 6.07) is 11.2. The molecule has 26 heavy (non-hydrogen) atoms. The van der Waals surface area contributed by atoms with Crippen LogP contribution in [0.25, 0.3) is 0 Å². The Labute approximate surface area is 150 Å². The van der Waals surface area contributed by atoms with Crippen LogP contribution in [0.1, 0.15) is 22.8 Å². The number of methoxy groups -OCH3 is 1. The Bertz CT molecular complexity index is 779. The van der Waals surface area contributed by atoms with E-state index in [0.29, 0.717) is 0 Å². The van der Waals surface area contributed by atoms with Crippen LogP contribution < -0.4 is 10.6 Å². The lowest BCUT2D eigenvalue weighted by Crippen LogP contribution is -2.41. The van der Waals surface area contributed by atoms with Gasteiger partial charge in [0.2, 0.25) is 5.91 Å². The Morgan fingerprint density at radius 2 is 1.88 bits per heavy atom. The van der Waals surface area contributed by atoms with E-state index in [2.05, 4.69) is 20.4 Å². The number of nitrogens with zero attached hydrogens (tertiary/aromatic N) is 1. The van der Waals surface area contributed by atoms with Crippen molar-refractivity contribution >= 4 is 23.8 Å².